The lowest BCUT2D eigenvalue weighted by Crippen LogP contribution is -1.96. The van der Waals surface area contributed by atoms with E-state index in [4.69, 9.17) is 0 Å². The lowest BCUT2D eigenvalue weighted by molar-refractivity contribution is -0.118. The zero-order valence-corrected chi connectivity index (χ0v) is 12.7. The summed E-state index contributed by atoms with van der Waals surface area (Å²) in [6.07, 6.45) is 13.6. The molecule has 0 bridgehead atoms. The Morgan fingerprint density at radius 3 is 2.50 bits per heavy atom. The molecule has 0 aromatic rings. The summed E-state index contributed by atoms with van der Waals surface area (Å²) in [5.74, 6) is 0.991. The number of allylic oxidation sites excluding steroid dienone is 4. The molecule has 0 radical (unpaired) electrons. The molecule has 0 rings (SSSR count). The monoisotopic (exact) mass is 250 g/mol. The van der Waals surface area contributed by atoms with Gasteiger partial charge < -0.3 is 0 Å². The first kappa shape index (κ1) is 17.2. The van der Waals surface area contributed by atoms with E-state index in [2.05, 4.69) is 45.9 Å². The Bertz CT molecular complexity index is 273. The minimum absolute atomic E-state index is 0.366. The number of hydrogen-bond donors (Lipinski definition) is 0. The molecule has 0 spiro atoms. The standard InChI is InChI=1S/C17H30O/c1-5-10-17(18)14-9-13-16(7-3)12-8-11-15(4)6-2/h9,11,13,16H,5-8,10,12,14H2,1-4H3. The van der Waals surface area contributed by atoms with Gasteiger partial charge >= 0.3 is 0 Å². The summed E-state index contributed by atoms with van der Waals surface area (Å²) in [6.45, 7) is 8.67. The van der Waals surface area contributed by atoms with Gasteiger partial charge in [-0.3, -0.25) is 4.79 Å². The van der Waals surface area contributed by atoms with Crippen LogP contribution in [0.5, 0.6) is 0 Å². The van der Waals surface area contributed by atoms with Crippen LogP contribution in [0.15, 0.2) is 23.8 Å². The third kappa shape index (κ3) is 9.21. The van der Waals surface area contributed by atoms with E-state index in [1.165, 1.54) is 12.0 Å². The van der Waals surface area contributed by atoms with E-state index >= 15 is 0 Å². The van der Waals surface area contributed by atoms with Crippen LogP contribution in [0.1, 0.15) is 72.6 Å². The highest BCUT2D eigenvalue weighted by atomic mass is 16.1. The Morgan fingerprint density at radius 2 is 1.94 bits per heavy atom. The van der Waals surface area contributed by atoms with Gasteiger partial charge in [0, 0.05) is 12.8 Å². The van der Waals surface area contributed by atoms with E-state index in [9.17, 15) is 4.79 Å². The Morgan fingerprint density at radius 1 is 1.22 bits per heavy atom. The van der Waals surface area contributed by atoms with Crippen LogP contribution < -0.4 is 0 Å². The maximum atomic E-state index is 11.4. The first-order valence-corrected chi connectivity index (χ1v) is 7.47. The molecule has 1 atom stereocenters. The van der Waals surface area contributed by atoms with Crippen molar-refractivity contribution in [1.29, 1.82) is 0 Å². The van der Waals surface area contributed by atoms with Crippen molar-refractivity contribution in [3.8, 4) is 0 Å². The highest BCUT2D eigenvalue weighted by Crippen LogP contribution is 2.15. The number of Topliss-reactive ketones (excluding diaryl/α,β-unsaturated/α-hetero) is 1. The third-order valence-electron chi connectivity index (χ3n) is 3.39. The highest BCUT2D eigenvalue weighted by Gasteiger charge is 2.01. The summed E-state index contributed by atoms with van der Waals surface area (Å²) >= 11 is 0. The van der Waals surface area contributed by atoms with Crippen LogP contribution in [0.25, 0.3) is 0 Å². The predicted molar refractivity (Wildman–Crippen MR) is 80.7 cm³/mol. The van der Waals surface area contributed by atoms with Crippen molar-refractivity contribution in [3.05, 3.63) is 23.8 Å². The molecule has 0 saturated heterocycles. The molecule has 0 amide bonds. The Hall–Kier alpha value is -0.850. The molecule has 0 heterocycles. The van der Waals surface area contributed by atoms with E-state index < -0.39 is 0 Å². The third-order valence-corrected chi connectivity index (χ3v) is 3.39. The predicted octanol–water partition coefficient (Wildman–Crippen LogP) is 5.46. The quantitative estimate of drug-likeness (QED) is 0.470. The lowest BCUT2D eigenvalue weighted by Gasteiger charge is -2.08. The number of ketones is 1. The van der Waals surface area contributed by atoms with Crippen LogP contribution in [0.2, 0.25) is 0 Å². The molecule has 0 aliphatic carbocycles. The molecule has 0 fully saturated rings. The largest absolute Gasteiger partial charge is 0.299 e. The molecule has 18 heavy (non-hydrogen) atoms. The molecule has 0 N–H and O–H groups in total. The zero-order valence-electron chi connectivity index (χ0n) is 12.7. The zero-order chi connectivity index (χ0) is 13.8. The number of rotatable bonds is 10. The fourth-order valence-electron chi connectivity index (χ4n) is 1.90. The van der Waals surface area contributed by atoms with Gasteiger partial charge in [-0.15, -0.1) is 0 Å². The second-order valence-electron chi connectivity index (χ2n) is 5.07. The normalized spacial score (nSPS) is 14.1. The molecule has 1 unspecified atom stereocenters. The average Bonchev–Trinajstić information content (AvgIpc) is 2.36. The van der Waals surface area contributed by atoms with Crippen molar-refractivity contribution < 1.29 is 4.79 Å². The van der Waals surface area contributed by atoms with E-state index in [1.54, 1.807) is 0 Å². The van der Waals surface area contributed by atoms with Gasteiger partial charge in [0.15, 0.2) is 0 Å². The van der Waals surface area contributed by atoms with Crippen molar-refractivity contribution >= 4 is 5.78 Å². The first-order valence-electron chi connectivity index (χ1n) is 7.47. The van der Waals surface area contributed by atoms with Crippen LogP contribution in [0.4, 0.5) is 0 Å². The van der Waals surface area contributed by atoms with E-state index in [-0.39, 0.29) is 0 Å². The molecule has 0 aromatic carbocycles. The Kier molecular flexibility index (Phi) is 10.7. The van der Waals surface area contributed by atoms with Crippen LogP contribution >= 0.6 is 0 Å². The van der Waals surface area contributed by atoms with Gasteiger partial charge in [-0.1, -0.05) is 44.6 Å². The van der Waals surface area contributed by atoms with E-state index in [0.29, 0.717) is 18.1 Å². The van der Waals surface area contributed by atoms with Crippen LogP contribution in [0, 0.1) is 5.92 Å². The first-order chi connectivity index (χ1) is 8.63. The van der Waals surface area contributed by atoms with Gasteiger partial charge in [0.25, 0.3) is 0 Å². The van der Waals surface area contributed by atoms with Gasteiger partial charge in [0.2, 0.25) is 0 Å². The fraction of sp³-hybridized carbons (Fsp3) is 0.706. The summed E-state index contributed by atoms with van der Waals surface area (Å²) < 4.78 is 0. The maximum absolute atomic E-state index is 11.4. The minimum atomic E-state index is 0.366. The maximum Gasteiger partial charge on any atom is 0.136 e. The molecular weight excluding hydrogens is 220 g/mol. The smallest absolute Gasteiger partial charge is 0.136 e. The van der Waals surface area contributed by atoms with Gasteiger partial charge in [0.05, 0.1) is 0 Å². The Balaban J connectivity index is 3.96. The summed E-state index contributed by atoms with van der Waals surface area (Å²) in [4.78, 5) is 11.4. The summed E-state index contributed by atoms with van der Waals surface area (Å²) in [5.41, 5.74) is 1.48. The van der Waals surface area contributed by atoms with Crippen molar-refractivity contribution in [2.75, 3.05) is 0 Å². The van der Waals surface area contributed by atoms with Crippen molar-refractivity contribution in [2.24, 2.45) is 5.92 Å². The summed E-state index contributed by atoms with van der Waals surface area (Å²) in [7, 11) is 0. The van der Waals surface area contributed by atoms with Crippen molar-refractivity contribution in [1.82, 2.24) is 0 Å². The van der Waals surface area contributed by atoms with E-state index in [0.717, 1.165) is 32.1 Å². The number of carbonyl (C=O) groups excluding carboxylic acids is 1. The molecule has 0 aliphatic heterocycles. The molecule has 0 saturated carbocycles. The molecule has 0 aromatic heterocycles. The SMILES string of the molecule is CCCC(=O)CC=CC(CC)CCC=C(C)CC. The van der Waals surface area contributed by atoms with Gasteiger partial charge in [-0.2, -0.15) is 0 Å². The number of hydrogen-bond acceptors (Lipinski definition) is 1. The molecular formula is C17H30O. The second kappa shape index (κ2) is 11.3. The molecule has 1 nitrogen and oxygen atoms in total. The van der Waals surface area contributed by atoms with Crippen LogP contribution in [0.3, 0.4) is 0 Å². The fourth-order valence-corrected chi connectivity index (χ4v) is 1.90. The minimum Gasteiger partial charge on any atom is -0.299 e. The van der Waals surface area contributed by atoms with Crippen LogP contribution in [-0.2, 0) is 4.79 Å². The van der Waals surface area contributed by atoms with Crippen molar-refractivity contribution in [2.45, 2.75) is 72.6 Å². The van der Waals surface area contributed by atoms with Gasteiger partial charge in [0.1, 0.15) is 5.78 Å². The molecule has 104 valence electrons. The van der Waals surface area contributed by atoms with Gasteiger partial charge in [-0.05, 0) is 44.9 Å². The number of carbonyl (C=O) groups is 1. The average molecular weight is 250 g/mol. The summed E-state index contributed by atoms with van der Waals surface area (Å²) in [5, 5.41) is 0. The second-order valence-corrected chi connectivity index (χ2v) is 5.07. The lowest BCUT2D eigenvalue weighted by atomic mass is 9.98. The van der Waals surface area contributed by atoms with Crippen molar-refractivity contribution in [3.63, 3.8) is 0 Å². The molecule has 1 heteroatoms. The van der Waals surface area contributed by atoms with E-state index in [1.807, 2.05) is 0 Å². The Labute approximate surface area is 113 Å². The summed E-state index contributed by atoms with van der Waals surface area (Å²) in [6, 6.07) is 0. The molecule has 0 aliphatic rings. The topological polar surface area (TPSA) is 17.1 Å². The highest BCUT2D eigenvalue weighted by molar-refractivity contribution is 5.79. The van der Waals surface area contributed by atoms with Crippen LogP contribution in [-0.4, -0.2) is 5.78 Å². The van der Waals surface area contributed by atoms with Gasteiger partial charge in [-0.25, -0.2) is 0 Å².